The van der Waals surface area contributed by atoms with Gasteiger partial charge in [0.25, 0.3) is 0 Å². The number of esters is 1. The Morgan fingerprint density at radius 2 is 1.82 bits per heavy atom. The Balaban J connectivity index is 3.44. The molecule has 1 N–H and O–H groups in total. The van der Waals surface area contributed by atoms with Gasteiger partial charge in [-0.1, -0.05) is 0 Å². The molecule has 0 saturated heterocycles. The average Bonchev–Trinajstić information content (AvgIpc) is 2.06. The smallest absolute Gasteiger partial charge is 0.411 e. The van der Waals surface area contributed by atoms with Gasteiger partial charge in [-0.05, 0) is 20.8 Å². The topological polar surface area (TPSA) is 47.6 Å². The van der Waals surface area contributed by atoms with Gasteiger partial charge >= 0.3 is 12.1 Å². The zero-order chi connectivity index (χ0) is 13.5. The fourth-order valence-corrected chi connectivity index (χ4v) is 0.900. The molecule has 0 amide bonds. The second kappa shape index (κ2) is 6.80. The number of hydrogen-bond donors (Lipinski definition) is 1. The predicted octanol–water partition coefficient (Wildman–Crippen LogP) is 1.50. The summed E-state index contributed by atoms with van der Waals surface area (Å²) in [6, 6.07) is 0. The molecule has 0 aliphatic carbocycles. The molecular formula is C10H18F3NO3. The highest BCUT2D eigenvalue weighted by atomic mass is 19.4. The molecule has 102 valence electrons. The van der Waals surface area contributed by atoms with E-state index in [1.54, 1.807) is 20.8 Å². The number of rotatable bonds is 6. The van der Waals surface area contributed by atoms with Crippen molar-refractivity contribution in [1.82, 2.24) is 5.32 Å². The maximum atomic E-state index is 11.7. The molecule has 0 bridgehead atoms. The van der Waals surface area contributed by atoms with E-state index in [1.807, 2.05) is 0 Å². The van der Waals surface area contributed by atoms with Crippen LogP contribution in [0.3, 0.4) is 0 Å². The lowest BCUT2D eigenvalue weighted by Crippen LogP contribution is -2.33. The molecule has 17 heavy (non-hydrogen) atoms. The van der Waals surface area contributed by atoms with Gasteiger partial charge in [0.05, 0.1) is 13.2 Å². The van der Waals surface area contributed by atoms with Gasteiger partial charge in [0.15, 0.2) is 0 Å². The van der Waals surface area contributed by atoms with Crippen molar-refractivity contribution in [2.75, 3.05) is 26.3 Å². The minimum atomic E-state index is -4.31. The van der Waals surface area contributed by atoms with Crippen LogP contribution in [0.25, 0.3) is 0 Å². The highest BCUT2D eigenvalue weighted by Crippen LogP contribution is 2.13. The van der Waals surface area contributed by atoms with Crippen molar-refractivity contribution in [2.45, 2.75) is 32.5 Å². The van der Waals surface area contributed by atoms with Crippen molar-refractivity contribution in [3.63, 3.8) is 0 Å². The van der Waals surface area contributed by atoms with Gasteiger partial charge in [-0.25, -0.2) is 0 Å². The van der Waals surface area contributed by atoms with E-state index in [1.165, 1.54) is 0 Å². The zero-order valence-corrected chi connectivity index (χ0v) is 10.2. The molecule has 0 aromatic carbocycles. The molecule has 0 aromatic heterocycles. The van der Waals surface area contributed by atoms with E-state index in [0.29, 0.717) is 0 Å². The molecule has 4 nitrogen and oxygen atoms in total. The largest absolute Gasteiger partial charge is 0.459 e. The fraction of sp³-hybridized carbons (Fsp3) is 0.900. The molecule has 0 aliphatic heterocycles. The molecule has 0 spiro atoms. The molecule has 0 atom stereocenters. The molecule has 0 unspecified atom stereocenters. The minimum Gasteiger partial charge on any atom is -0.459 e. The summed E-state index contributed by atoms with van der Waals surface area (Å²) in [4.78, 5) is 11.1. The van der Waals surface area contributed by atoms with Gasteiger partial charge < -0.3 is 14.8 Å². The molecule has 0 saturated carbocycles. The highest BCUT2D eigenvalue weighted by molar-refractivity contribution is 5.72. The quantitative estimate of drug-likeness (QED) is 0.578. The van der Waals surface area contributed by atoms with Crippen LogP contribution < -0.4 is 5.32 Å². The standard InChI is InChI=1S/C10H18F3NO3/c1-9(2,3)17-8(15)6-14-4-5-16-7-10(11,12)13/h14H,4-7H2,1-3H3. The summed E-state index contributed by atoms with van der Waals surface area (Å²) < 4.78 is 44.3. The number of carbonyl (C=O) groups is 1. The number of alkyl halides is 3. The third-order valence-corrected chi connectivity index (χ3v) is 1.38. The van der Waals surface area contributed by atoms with Crippen LogP contribution in [0.15, 0.2) is 0 Å². The van der Waals surface area contributed by atoms with Crippen molar-refractivity contribution in [2.24, 2.45) is 0 Å². The Morgan fingerprint density at radius 1 is 1.24 bits per heavy atom. The first kappa shape index (κ1) is 16.2. The van der Waals surface area contributed by atoms with Crippen LogP contribution in [-0.2, 0) is 14.3 Å². The number of carbonyl (C=O) groups excluding carboxylic acids is 1. The monoisotopic (exact) mass is 257 g/mol. The second-order valence-electron chi connectivity index (χ2n) is 4.43. The maximum Gasteiger partial charge on any atom is 0.411 e. The summed E-state index contributed by atoms with van der Waals surface area (Å²) in [5, 5.41) is 2.63. The van der Waals surface area contributed by atoms with Crippen molar-refractivity contribution < 1.29 is 27.4 Å². The predicted molar refractivity (Wildman–Crippen MR) is 55.6 cm³/mol. The second-order valence-corrected chi connectivity index (χ2v) is 4.43. The van der Waals surface area contributed by atoms with E-state index in [9.17, 15) is 18.0 Å². The Morgan fingerprint density at radius 3 is 2.29 bits per heavy atom. The molecule has 0 aromatic rings. The van der Waals surface area contributed by atoms with Crippen LogP contribution in [-0.4, -0.2) is 44.0 Å². The first-order valence-electron chi connectivity index (χ1n) is 5.17. The van der Waals surface area contributed by atoms with E-state index in [4.69, 9.17) is 4.74 Å². The number of hydrogen-bond acceptors (Lipinski definition) is 4. The van der Waals surface area contributed by atoms with Crippen LogP contribution in [0.5, 0.6) is 0 Å². The van der Waals surface area contributed by atoms with Crippen molar-refractivity contribution >= 4 is 5.97 Å². The Labute approximate surface area is 98.5 Å². The minimum absolute atomic E-state index is 0.0490. The summed E-state index contributed by atoms with van der Waals surface area (Å²) in [5.41, 5.74) is -0.564. The normalized spacial score (nSPS) is 12.6. The van der Waals surface area contributed by atoms with E-state index in [-0.39, 0.29) is 19.7 Å². The van der Waals surface area contributed by atoms with Gasteiger partial charge in [0.2, 0.25) is 0 Å². The molecule has 0 aliphatic rings. The lowest BCUT2D eigenvalue weighted by atomic mass is 10.2. The van der Waals surface area contributed by atoms with Crippen LogP contribution >= 0.6 is 0 Å². The lowest BCUT2D eigenvalue weighted by Gasteiger charge is -2.19. The summed E-state index contributed by atoms with van der Waals surface area (Å²) in [6.07, 6.45) is -4.31. The first-order valence-corrected chi connectivity index (χ1v) is 5.17. The highest BCUT2D eigenvalue weighted by Gasteiger charge is 2.27. The lowest BCUT2D eigenvalue weighted by molar-refractivity contribution is -0.173. The summed E-state index contributed by atoms with van der Waals surface area (Å²) in [5.74, 6) is -0.451. The van der Waals surface area contributed by atoms with E-state index >= 15 is 0 Å². The Hall–Kier alpha value is -0.820. The molecular weight excluding hydrogens is 239 g/mol. The van der Waals surface area contributed by atoms with Gasteiger partial charge in [0.1, 0.15) is 12.2 Å². The number of halogens is 3. The van der Waals surface area contributed by atoms with Gasteiger partial charge in [0, 0.05) is 6.54 Å². The summed E-state index contributed by atoms with van der Waals surface area (Å²) >= 11 is 0. The van der Waals surface area contributed by atoms with Crippen molar-refractivity contribution in [3.8, 4) is 0 Å². The fourth-order valence-electron chi connectivity index (χ4n) is 0.900. The van der Waals surface area contributed by atoms with Crippen LogP contribution in [0.2, 0.25) is 0 Å². The summed E-state index contributed by atoms with van der Waals surface area (Å²) in [7, 11) is 0. The van der Waals surface area contributed by atoms with Gasteiger partial charge in [-0.3, -0.25) is 4.79 Å². The first-order chi connectivity index (χ1) is 7.60. The molecule has 7 heteroatoms. The van der Waals surface area contributed by atoms with Gasteiger partial charge in [-0.2, -0.15) is 13.2 Å². The van der Waals surface area contributed by atoms with Crippen molar-refractivity contribution in [3.05, 3.63) is 0 Å². The van der Waals surface area contributed by atoms with E-state index in [0.717, 1.165) is 0 Å². The molecule has 0 radical (unpaired) electrons. The number of nitrogens with one attached hydrogen (secondary N) is 1. The molecule has 0 heterocycles. The number of ether oxygens (including phenoxy) is 2. The maximum absolute atomic E-state index is 11.7. The van der Waals surface area contributed by atoms with Crippen LogP contribution in [0.4, 0.5) is 13.2 Å². The SMILES string of the molecule is CC(C)(C)OC(=O)CNCCOCC(F)(F)F. The average molecular weight is 257 g/mol. The zero-order valence-electron chi connectivity index (χ0n) is 10.2. The van der Waals surface area contributed by atoms with Crippen molar-refractivity contribution in [1.29, 1.82) is 0 Å². The Bertz CT molecular complexity index is 236. The molecule has 0 fully saturated rings. The Kier molecular flexibility index (Phi) is 6.48. The van der Waals surface area contributed by atoms with Crippen LogP contribution in [0.1, 0.15) is 20.8 Å². The van der Waals surface area contributed by atoms with E-state index < -0.39 is 24.4 Å². The molecule has 0 rings (SSSR count). The van der Waals surface area contributed by atoms with E-state index in [2.05, 4.69) is 10.1 Å². The van der Waals surface area contributed by atoms with Crippen LogP contribution in [0, 0.1) is 0 Å². The third kappa shape index (κ3) is 13.1. The third-order valence-electron chi connectivity index (χ3n) is 1.38. The van der Waals surface area contributed by atoms with Gasteiger partial charge in [-0.15, -0.1) is 0 Å². The summed E-state index contributed by atoms with van der Waals surface area (Å²) in [6.45, 7) is 3.93.